The Kier molecular flexibility index (Phi) is 6.02. The number of piperidine rings is 1. The predicted octanol–water partition coefficient (Wildman–Crippen LogP) is 1.03. The first-order chi connectivity index (χ1) is 10.5. The Bertz CT molecular complexity index is 638. The average Bonchev–Trinajstić information content (AvgIpc) is 3.32. The van der Waals surface area contributed by atoms with Gasteiger partial charge in [-0.25, -0.2) is 13.1 Å². The molecule has 0 bridgehead atoms. The molecule has 1 aliphatic carbocycles. The minimum atomic E-state index is -3.46. The summed E-state index contributed by atoms with van der Waals surface area (Å²) >= 11 is 0. The Labute approximate surface area is 142 Å². The fraction of sp³-hybridized carbons (Fsp3) is 0.533. The van der Waals surface area contributed by atoms with E-state index in [0.717, 1.165) is 38.8 Å². The number of hydrogen-bond acceptors (Lipinski definition) is 4. The molecule has 1 aliphatic heterocycles. The maximum Gasteiger partial charge on any atom is 0.251 e. The largest absolute Gasteiger partial charge is 0.349 e. The number of rotatable bonds is 5. The Morgan fingerprint density at radius 3 is 2.17 bits per heavy atom. The lowest BCUT2D eigenvalue weighted by atomic mass is 10.1. The topological polar surface area (TPSA) is 87.3 Å². The minimum Gasteiger partial charge on any atom is -0.349 e. The van der Waals surface area contributed by atoms with Gasteiger partial charge in [-0.1, -0.05) is 0 Å². The number of sulfonamides is 1. The van der Waals surface area contributed by atoms with Gasteiger partial charge in [0.15, 0.2) is 0 Å². The normalized spacial score (nSPS) is 19.0. The van der Waals surface area contributed by atoms with Gasteiger partial charge in [0.25, 0.3) is 5.91 Å². The summed E-state index contributed by atoms with van der Waals surface area (Å²) in [6.07, 6.45) is 3.64. The molecule has 6 nitrogen and oxygen atoms in total. The summed E-state index contributed by atoms with van der Waals surface area (Å²) in [4.78, 5) is 12.4. The summed E-state index contributed by atoms with van der Waals surface area (Å²) in [6, 6.07) is 6.38. The molecule has 0 radical (unpaired) electrons. The summed E-state index contributed by atoms with van der Waals surface area (Å²) in [5.74, 6) is -0.147. The standard InChI is InChI=1S/C15H21N3O3S.ClH/c19-15(17-12-7-9-16-10-8-12)11-1-5-14(6-2-11)22(20,21)18-13-3-4-13;/h1-2,5-6,12-13,16,18H,3-4,7-10H2,(H,17,19);1H. The van der Waals surface area contributed by atoms with E-state index in [1.165, 1.54) is 12.1 Å². The van der Waals surface area contributed by atoms with Crippen LogP contribution in [0.3, 0.4) is 0 Å². The fourth-order valence-electron chi connectivity index (χ4n) is 2.51. The number of hydrogen-bond donors (Lipinski definition) is 3. The van der Waals surface area contributed by atoms with Gasteiger partial charge < -0.3 is 10.6 Å². The molecule has 0 aromatic heterocycles. The summed E-state index contributed by atoms with van der Waals surface area (Å²) < 4.78 is 26.7. The SMILES string of the molecule is Cl.O=C(NC1CCNCC1)c1ccc(S(=O)(=O)NC2CC2)cc1. The van der Waals surface area contributed by atoms with E-state index >= 15 is 0 Å². The molecule has 0 unspecified atom stereocenters. The number of benzene rings is 1. The lowest BCUT2D eigenvalue weighted by molar-refractivity contribution is 0.0929. The van der Waals surface area contributed by atoms with Gasteiger partial charge in [0.2, 0.25) is 10.0 Å². The smallest absolute Gasteiger partial charge is 0.251 e. The van der Waals surface area contributed by atoms with Crippen molar-refractivity contribution in [2.24, 2.45) is 0 Å². The summed E-state index contributed by atoms with van der Waals surface area (Å²) in [6.45, 7) is 1.82. The molecule has 1 aromatic carbocycles. The van der Waals surface area contributed by atoms with Gasteiger partial charge in [-0.15, -0.1) is 12.4 Å². The zero-order valence-electron chi connectivity index (χ0n) is 12.7. The van der Waals surface area contributed by atoms with E-state index in [0.29, 0.717) is 5.56 Å². The molecule has 8 heteroatoms. The van der Waals surface area contributed by atoms with Crippen LogP contribution in [0, 0.1) is 0 Å². The van der Waals surface area contributed by atoms with Crippen LogP contribution < -0.4 is 15.4 Å². The van der Waals surface area contributed by atoms with Crippen LogP contribution in [0.2, 0.25) is 0 Å². The Morgan fingerprint density at radius 2 is 1.61 bits per heavy atom. The number of nitrogens with one attached hydrogen (secondary N) is 3. The average molecular weight is 360 g/mol. The van der Waals surface area contributed by atoms with Gasteiger partial charge in [-0.3, -0.25) is 4.79 Å². The van der Waals surface area contributed by atoms with Crippen LogP contribution >= 0.6 is 12.4 Å². The molecule has 2 aliphatic rings. The van der Waals surface area contributed by atoms with Crippen molar-refractivity contribution in [3.8, 4) is 0 Å². The molecule has 23 heavy (non-hydrogen) atoms. The molecule has 1 amide bonds. The summed E-state index contributed by atoms with van der Waals surface area (Å²) in [5.41, 5.74) is 0.490. The van der Waals surface area contributed by atoms with Crippen molar-refractivity contribution in [2.75, 3.05) is 13.1 Å². The first-order valence-electron chi connectivity index (χ1n) is 7.68. The van der Waals surface area contributed by atoms with E-state index < -0.39 is 10.0 Å². The van der Waals surface area contributed by atoms with E-state index in [4.69, 9.17) is 0 Å². The van der Waals surface area contributed by atoms with Crippen molar-refractivity contribution in [1.82, 2.24) is 15.4 Å². The van der Waals surface area contributed by atoms with Gasteiger partial charge in [-0.05, 0) is 63.0 Å². The molecular formula is C15H22ClN3O3S. The molecule has 1 aromatic rings. The number of carbonyl (C=O) groups is 1. The zero-order valence-corrected chi connectivity index (χ0v) is 14.4. The quantitative estimate of drug-likeness (QED) is 0.732. The lowest BCUT2D eigenvalue weighted by Crippen LogP contribution is -2.42. The van der Waals surface area contributed by atoms with E-state index in [1.807, 2.05) is 0 Å². The second-order valence-electron chi connectivity index (χ2n) is 5.92. The molecule has 3 rings (SSSR count). The summed E-state index contributed by atoms with van der Waals surface area (Å²) in [7, 11) is -3.46. The third kappa shape index (κ3) is 4.91. The predicted molar refractivity (Wildman–Crippen MR) is 90.4 cm³/mol. The molecule has 1 saturated heterocycles. The molecule has 0 spiro atoms. The Morgan fingerprint density at radius 1 is 1.00 bits per heavy atom. The first-order valence-corrected chi connectivity index (χ1v) is 9.17. The van der Waals surface area contributed by atoms with E-state index in [1.54, 1.807) is 12.1 Å². The number of amides is 1. The van der Waals surface area contributed by atoms with Gasteiger partial charge in [0, 0.05) is 17.6 Å². The Balaban J connectivity index is 0.00000192. The highest BCUT2D eigenvalue weighted by atomic mass is 35.5. The van der Waals surface area contributed by atoms with Crippen molar-refractivity contribution in [1.29, 1.82) is 0 Å². The van der Waals surface area contributed by atoms with Crippen LogP contribution in [-0.2, 0) is 10.0 Å². The van der Waals surface area contributed by atoms with Gasteiger partial charge in [0.05, 0.1) is 4.90 Å². The van der Waals surface area contributed by atoms with Crippen molar-refractivity contribution >= 4 is 28.3 Å². The molecule has 2 fully saturated rings. The zero-order chi connectivity index (χ0) is 15.6. The first kappa shape index (κ1) is 18.2. The lowest BCUT2D eigenvalue weighted by Gasteiger charge is -2.23. The van der Waals surface area contributed by atoms with Gasteiger partial charge in [0.1, 0.15) is 0 Å². The monoisotopic (exact) mass is 359 g/mol. The van der Waals surface area contributed by atoms with Crippen molar-refractivity contribution < 1.29 is 13.2 Å². The third-order valence-corrected chi connectivity index (χ3v) is 5.54. The van der Waals surface area contributed by atoms with Crippen LogP contribution in [0.4, 0.5) is 0 Å². The highest BCUT2D eigenvalue weighted by molar-refractivity contribution is 7.89. The van der Waals surface area contributed by atoms with Crippen molar-refractivity contribution in [3.63, 3.8) is 0 Å². The number of carbonyl (C=O) groups excluding carboxylic acids is 1. The van der Waals surface area contributed by atoms with Crippen LogP contribution in [0.5, 0.6) is 0 Å². The molecule has 0 atom stereocenters. The summed E-state index contributed by atoms with van der Waals surface area (Å²) in [5, 5.41) is 6.24. The highest BCUT2D eigenvalue weighted by Crippen LogP contribution is 2.22. The number of halogens is 1. The maximum atomic E-state index is 12.2. The second kappa shape index (κ2) is 7.61. The van der Waals surface area contributed by atoms with Crippen molar-refractivity contribution in [2.45, 2.75) is 42.7 Å². The van der Waals surface area contributed by atoms with Crippen LogP contribution in [0.1, 0.15) is 36.0 Å². The Hall–Kier alpha value is -1.15. The van der Waals surface area contributed by atoms with Crippen LogP contribution in [0.25, 0.3) is 0 Å². The fourth-order valence-corrected chi connectivity index (χ4v) is 3.81. The van der Waals surface area contributed by atoms with Gasteiger partial charge in [-0.2, -0.15) is 0 Å². The van der Waals surface area contributed by atoms with Crippen LogP contribution in [0.15, 0.2) is 29.2 Å². The third-order valence-electron chi connectivity index (χ3n) is 4.00. The maximum absolute atomic E-state index is 12.2. The van der Waals surface area contributed by atoms with E-state index in [9.17, 15) is 13.2 Å². The van der Waals surface area contributed by atoms with E-state index in [2.05, 4.69) is 15.4 Å². The molecule has 1 heterocycles. The molecule has 3 N–H and O–H groups in total. The van der Waals surface area contributed by atoms with E-state index in [-0.39, 0.29) is 35.3 Å². The van der Waals surface area contributed by atoms with Crippen LogP contribution in [-0.4, -0.2) is 39.5 Å². The van der Waals surface area contributed by atoms with Crippen molar-refractivity contribution in [3.05, 3.63) is 29.8 Å². The minimum absolute atomic E-state index is 0. The molecule has 1 saturated carbocycles. The second-order valence-corrected chi connectivity index (χ2v) is 7.63. The van der Waals surface area contributed by atoms with Gasteiger partial charge >= 0.3 is 0 Å². The molecular weight excluding hydrogens is 338 g/mol. The molecule has 128 valence electrons. The highest BCUT2D eigenvalue weighted by Gasteiger charge is 2.28.